The van der Waals surface area contributed by atoms with Gasteiger partial charge in [-0.05, 0) is 36.8 Å². The molecule has 0 saturated carbocycles. The molecule has 1 unspecified atom stereocenters. The molecule has 1 aliphatic heterocycles. The van der Waals surface area contributed by atoms with E-state index in [9.17, 15) is 23.2 Å². The Bertz CT molecular complexity index is 936. The molecule has 27 heavy (non-hydrogen) atoms. The molecule has 1 heterocycles. The third-order valence-corrected chi connectivity index (χ3v) is 4.46. The van der Waals surface area contributed by atoms with Crippen molar-refractivity contribution in [2.24, 2.45) is 0 Å². The summed E-state index contributed by atoms with van der Waals surface area (Å²) in [6.07, 6.45) is 0. The normalized spacial score (nSPS) is 19.2. The predicted octanol–water partition coefficient (Wildman–Crippen LogP) is 3.02. The maximum atomic E-state index is 13.6. The van der Waals surface area contributed by atoms with Gasteiger partial charge in [-0.2, -0.15) is 0 Å². The minimum Gasteiger partial charge on any atom is -0.322 e. The number of nitrogens with one attached hydrogen (secondary N) is 2. The van der Waals surface area contributed by atoms with Crippen molar-refractivity contribution in [3.8, 4) is 0 Å². The zero-order valence-electron chi connectivity index (χ0n) is 14.1. The van der Waals surface area contributed by atoms with Crippen LogP contribution in [0.1, 0.15) is 12.5 Å². The molecule has 0 bridgehead atoms. The molecule has 4 amide bonds. The van der Waals surface area contributed by atoms with Crippen molar-refractivity contribution < 1.29 is 23.2 Å². The monoisotopic (exact) mass is 393 g/mol. The van der Waals surface area contributed by atoms with Crippen molar-refractivity contribution in [1.82, 2.24) is 10.2 Å². The van der Waals surface area contributed by atoms with E-state index in [2.05, 4.69) is 10.6 Å². The summed E-state index contributed by atoms with van der Waals surface area (Å²) in [6, 6.07) is 8.22. The first-order valence-corrected chi connectivity index (χ1v) is 8.23. The number of anilines is 1. The van der Waals surface area contributed by atoms with Crippen molar-refractivity contribution in [1.29, 1.82) is 0 Å². The van der Waals surface area contributed by atoms with E-state index in [0.29, 0.717) is 16.7 Å². The van der Waals surface area contributed by atoms with E-state index in [1.54, 1.807) is 24.3 Å². The van der Waals surface area contributed by atoms with E-state index in [0.717, 1.165) is 17.0 Å². The molecule has 1 atom stereocenters. The molecule has 2 aromatic rings. The number of hydrogen-bond acceptors (Lipinski definition) is 3. The molecule has 140 valence electrons. The smallest absolute Gasteiger partial charge is 0.322 e. The van der Waals surface area contributed by atoms with Crippen LogP contribution in [-0.4, -0.2) is 29.3 Å². The molecular weight excluding hydrogens is 380 g/mol. The largest absolute Gasteiger partial charge is 0.325 e. The van der Waals surface area contributed by atoms with E-state index in [-0.39, 0.29) is 5.69 Å². The zero-order valence-corrected chi connectivity index (χ0v) is 14.8. The lowest BCUT2D eigenvalue weighted by Crippen LogP contribution is -2.42. The van der Waals surface area contributed by atoms with Gasteiger partial charge in [-0.15, -0.1) is 0 Å². The van der Waals surface area contributed by atoms with Crippen molar-refractivity contribution >= 4 is 35.1 Å². The highest BCUT2D eigenvalue weighted by molar-refractivity contribution is 6.30. The van der Waals surface area contributed by atoms with Crippen LogP contribution in [-0.2, 0) is 15.1 Å². The molecule has 1 aliphatic rings. The number of halogens is 3. The second kappa shape index (κ2) is 6.96. The Morgan fingerprint density at radius 3 is 2.48 bits per heavy atom. The number of rotatable bonds is 4. The lowest BCUT2D eigenvalue weighted by molar-refractivity contribution is -0.133. The number of carbonyl (C=O) groups excluding carboxylic acids is 3. The van der Waals surface area contributed by atoms with Gasteiger partial charge in [0.15, 0.2) is 0 Å². The molecule has 6 nitrogen and oxygen atoms in total. The third kappa shape index (κ3) is 3.61. The molecule has 0 spiro atoms. The highest BCUT2D eigenvalue weighted by atomic mass is 35.5. The van der Waals surface area contributed by atoms with Crippen LogP contribution >= 0.6 is 11.6 Å². The van der Waals surface area contributed by atoms with Crippen LogP contribution in [0.5, 0.6) is 0 Å². The quantitative estimate of drug-likeness (QED) is 0.784. The SMILES string of the molecule is CC1(c2ccc(Cl)cc2)NC(=O)N(CC(=O)Nc2ccc(F)cc2F)C1=O. The topological polar surface area (TPSA) is 78.5 Å². The van der Waals surface area contributed by atoms with E-state index in [1.807, 2.05) is 0 Å². The molecular formula is C18H14ClF2N3O3. The number of imide groups is 1. The van der Waals surface area contributed by atoms with Crippen LogP contribution in [0.2, 0.25) is 5.02 Å². The average Bonchev–Trinajstić information content (AvgIpc) is 2.82. The summed E-state index contributed by atoms with van der Waals surface area (Å²) in [5.74, 6) is -3.20. The summed E-state index contributed by atoms with van der Waals surface area (Å²) < 4.78 is 26.5. The van der Waals surface area contributed by atoms with E-state index >= 15 is 0 Å². The predicted molar refractivity (Wildman–Crippen MR) is 94.0 cm³/mol. The molecule has 2 aromatic carbocycles. The maximum absolute atomic E-state index is 13.6. The summed E-state index contributed by atoms with van der Waals surface area (Å²) in [7, 11) is 0. The van der Waals surface area contributed by atoms with Crippen molar-refractivity contribution in [3.63, 3.8) is 0 Å². The third-order valence-electron chi connectivity index (χ3n) is 4.20. The maximum Gasteiger partial charge on any atom is 0.325 e. The first kappa shape index (κ1) is 18.8. The zero-order chi connectivity index (χ0) is 19.8. The number of benzene rings is 2. The fourth-order valence-corrected chi connectivity index (χ4v) is 2.87. The Morgan fingerprint density at radius 2 is 1.85 bits per heavy atom. The van der Waals surface area contributed by atoms with Crippen LogP contribution in [0.4, 0.5) is 19.3 Å². The Morgan fingerprint density at radius 1 is 1.19 bits per heavy atom. The minimum atomic E-state index is -1.36. The Labute approximate surface area is 158 Å². The van der Waals surface area contributed by atoms with Gasteiger partial charge in [0, 0.05) is 11.1 Å². The van der Waals surface area contributed by atoms with E-state index < -0.39 is 41.6 Å². The highest BCUT2D eigenvalue weighted by Gasteiger charge is 2.49. The van der Waals surface area contributed by atoms with Crippen LogP contribution in [0.25, 0.3) is 0 Å². The molecule has 3 rings (SSSR count). The lowest BCUT2D eigenvalue weighted by atomic mass is 9.92. The Hall–Kier alpha value is -3.00. The van der Waals surface area contributed by atoms with Crippen LogP contribution in [0.3, 0.4) is 0 Å². The number of nitrogens with zero attached hydrogens (tertiary/aromatic N) is 1. The summed E-state index contributed by atoms with van der Waals surface area (Å²) in [5, 5.41) is 5.22. The summed E-state index contributed by atoms with van der Waals surface area (Å²) in [5.41, 5.74) is -1.12. The van der Waals surface area contributed by atoms with Crippen molar-refractivity contribution in [3.05, 3.63) is 64.7 Å². The molecule has 0 aromatic heterocycles. The summed E-state index contributed by atoms with van der Waals surface area (Å²) in [6.45, 7) is 0.888. The van der Waals surface area contributed by atoms with Gasteiger partial charge >= 0.3 is 6.03 Å². The molecule has 2 N–H and O–H groups in total. The molecule has 1 saturated heterocycles. The second-order valence-electron chi connectivity index (χ2n) is 6.13. The molecule has 0 radical (unpaired) electrons. The van der Waals surface area contributed by atoms with Crippen LogP contribution in [0.15, 0.2) is 42.5 Å². The van der Waals surface area contributed by atoms with Crippen LogP contribution < -0.4 is 10.6 Å². The highest BCUT2D eigenvalue weighted by Crippen LogP contribution is 2.29. The fourth-order valence-electron chi connectivity index (χ4n) is 2.74. The van der Waals surface area contributed by atoms with Gasteiger partial charge < -0.3 is 10.6 Å². The van der Waals surface area contributed by atoms with Crippen LogP contribution in [0, 0.1) is 11.6 Å². The average molecular weight is 394 g/mol. The van der Waals surface area contributed by atoms with E-state index in [1.165, 1.54) is 6.92 Å². The number of carbonyl (C=O) groups is 3. The fraction of sp³-hybridized carbons (Fsp3) is 0.167. The van der Waals surface area contributed by atoms with Gasteiger partial charge in [-0.1, -0.05) is 23.7 Å². The first-order valence-electron chi connectivity index (χ1n) is 7.86. The van der Waals surface area contributed by atoms with Gasteiger partial charge in [0.2, 0.25) is 5.91 Å². The summed E-state index contributed by atoms with van der Waals surface area (Å²) in [4.78, 5) is 37.8. The number of hydrogen-bond donors (Lipinski definition) is 2. The van der Waals surface area contributed by atoms with Gasteiger partial charge in [0.1, 0.15) is 23.7 Å². The first-order chi connectivity index (χ1) is 12.7. The number of urea groups is 1. The lowest BCUT2D eigenvalue weighted by Gasteiger charge is -2.22. The van der Waals surface area contributed by atoms with Gasteiger partial charge in [0.25, 0.3) is 5.91 Å². The summed E-state index contributed by atoms with van der Waals surface area (Å²) >= 11 is 5.84. The minimum absolute atomic E-state index is 0.256. The second-order valence-corrected chi connectivity index (χ2v) is 6.56. The Kier molecular flexibility index (Phi) is 4.84. The number of amides is 4. The Balaban J connectivity index is 1.75. The van der Waals surface area contributed by atoms with Gasteiger partial charge in [-0.25, -0.2) is 13.6 Å². The van der Waals surface area contributed by atoms with Crippen molar-refractivity contribution in [2.75, 3.05) is 11.9 Å². The molecule has 9 heteroatoms. The van der Waals surface area contributed by atoms with Gasteiger partial charge in [-0.3, -0.25) is 14.5 Å². The van der Waals surface area contributed by atoms with E-state index in [4.69, 9.17) is 11.6 Å². The van der Waals surface area contributed by atoms with Crippen molar-refractivity contribution in [2.45, 2.75) is 12.5 Å². The van der Waals surface area contributed by atoms with Gasteiger partial charge in [0.05, 0.1) is 5.69 Å². The standard InChI is InChI=1S/C18H14ClF2N3O3/c1-18(10-2-4-11(19)5-3-10)16(26)24(17(27)23-18)9-15(25)22-14-7-6-12(20)8-13(14)21/h2-8H,9H2,1H3,(H,22,25)(H,23,27). The molecule has 0 aliphatic carbocycles. The molecule has 1 fully saturated rings.